The summed E-state index contributed by atoms with van der Waals surface area (Å²) >= 11 is 1.16. The Labute approximate surface area is 136 Å². The smallest absolute Gasteiger partial charge is 0.346 e. The largest absolute Gasteiger partial charge is 0.477 e. The lowest BCUT2D eigenvalue weighted by molar-refractivity contribution is -0.139. The van der Waals surface area contributed by atoms with Crippen LogP contribution in [0.25, 0.3) is 21.3 Å². The van der Waals surface area contributed by atoms with Crippen molar-refractivity contribution in [2.45, 2.75) is 6.42 Å². The van der Waals surface area contributed by atoms with Crippen molar-refractivity contribution < 1.29 is 19.4 Å². The molecule has 0 saturated heterocycles. The number of aromatic nitrogens is 1. The molecular weight excluding hydrogens is 314 g/mol. The number of thiophene rings is 1. The molecule has 2 heterocycles. The molecule has 0 bridgehead atoms. The number of hydrogen-bond acceptors (Lipinski definition) is 5. The molecule has 0 aliphatic carbocycles. The molecule has 6 heteroatoms. The molecule has 0 atom stereocenters. The van der Waals surface area contributed by atoms with E-state index >= 15 is 0 Å². The lowest BCUT2D eigenvalue weighted by Crippen LogP contribution is -2.04. The molecule has 116 valence electrons. The molecule has 0 aliphatic heterocycles. The highest BCUT2D eigenvalue weighted by atomic mass is 32.1. The Balaban J connectivity index is 2.07. The average molecular weight is 327 g/mol. The highest BCUT2D eigenvalue weighted by Gasteiger charge is 2.19. The third-order valence-electron chi connectivity index (χ3n) is 3.48. The molecule has 0 amide bonds. The molecule has 1 N–H and O–H groups in total. The van der Waals surface area contributed by atoms with Gasteiger partial charge in [-0.15, -0.1) is 11.3 Å². The van der Waals surface area contributed by atoms with Gasteiger partial charge in [0, 0.05) is 17.1 Å². The zero-order valence-corrected chi connectivity index (χ0v) is 13.1. The number of pyridine rings is 1. The van der Waals surface area contributed by atoms with Crippen molar-refractivity contribution in [1.82, 2.24) is 4.98 Å². The summed E-state index contributed by atoms with van der Waals surface area (Å²) in [6.45, 7) is 0. The van der Waals surface area contributed by atoms with Crippen molar-refractivity contribution in [2.24, 2.45) is 0 Å². The topological polar surface area (TPSA) is 76.5 Å². The maximum Gasteiger partial charge on any atom is 0.346 e. The van der Waals surface area contributed by atoms with Gasteiger partial charge < -0.3 is 9.84 Å². The Morgan fingerprint density at radius 1 is 1.22 bits per heavy atom. The third-order valence-corrected chi connectivity index (χ3v) is 4.58. The van der Waals surface area contributed by atoms with Crippen molar-refractivity contribution >= 4 is 33.5 Å². The normalized spacial score (nSPS) is 10.7. The fourth-order valence-corrected chi connectivity index (χ4v) is 3.40. The number of carbonyl (C=O) groups is 2. The van der Waals surface area contributed by atoms with Gasteiger partial charge in [0.05, 0.1) is 13.5 Å². The van der Waals surface area contributed by atoms with Crippen molar-refractivity contribution in [3.63, 3.8) is 0 Å². The molecule has 0 fully saturated rings. The Hall–Kier alpha value is -2.73. The van der Waals surface area contributed by atoms with E-state index in [2.05, 4.69) is 9.72 Å². The van der Waals surface area contributed by atoms with Gasteiger partial charge in [-0.1, -0.05) is 24.3 Å². The van der Waals surface area contributed by atoms with E-state index in [1.165, 1.54) is 7.11 Å². The number of nitrogens with zero attached hydrogens (tertiary/aromatic N) is 1. The summed E-state index contributed by atoms with van der Waals surface area (Å²) in [6, 6.07) is 10.9. The number of fused-ring (bicyclic) bond motifs is 1. The van der Waals surface area contributed by atoms with Gasteiger partial charge in [-0.05, 0) is 23.3 Å². The van der Waals surface area contributed by atoms with E-state index in [9.17, 15) is 14.7 Å². The van der Waals surface area contributed by atoms with E-state index < -0.39 is 5.97 Å². The van der Waals surface area contributed by atoms with Crippen molar-refractivity contribution in [3.8, 4) is 11.1 Å². The van der Waals surface area contributed by atoms with Gasteiger partial charge in [0.1, 0.15) is 9.71 Å². The van der Waals surface area contributed by atoms with Gasteiger partial charge >= 0.3 is 11.9 Å². The number of rotatable bonds is 4. The molecule has 3 rings (SSSR count). The van der Waals surface area contributed by atoms with Crippen LogP contribution in [0.15, 0.2) is 42.6 Å². The number of carboxylic acids is 1. The highest BCUT2D eigenvalue weighted by Crippen LogP contribution is 2.37. The summed E-state index contributed by atoms with van der Waals surface area (Å²) in [7, 11) is 1.35. The number of aromatic carboxylic acids is 1. The summed E-state index contributed by atoms with van der Waals surface area (Å²) in [5, 5.41) is 10.3. The van der Waals surface area contributed by atoms with Crippen LogP contribution >= 0.6 is 11.3 Å². The number of hydrogen-bond donors (Lipinski definition) is 1. The van der Waals surface area contributed by atoms with Crippen LogP contribution in [0, 0.1) is 0 Å². The maximum atomic E-state index is 11.5. The van der Waals surface area contributed by atoms with E-state index in [1.807, 2.05) is 18.2 Å². The van der Waals surface area contributed by atoms with Crippen LogP contribution in [0.1, 0.15) is 15.2 Å². The van der Waals surface area contributed by atoms with E-state index in [1.54, 1.807) is 24.4 Å². The number of carbonyl (C=O) groups excluding carboxylic acids is 1. The fraction of sp³-hybridized carbons (Fsp3) is 0.118. The third kappa shape index (κ3) is 2.93. The lowest BCUT2D eigenvalue weighted by atomic mass is 10.0. The Kier molecular flexibility index (Phi) is 4.08. The second kappa shape index (κ2) is 6.18. The van der Waals surface area contributed by atoms with Crippen molar-refractivity contribution in [1.29, 1.82) is 0 Å². The number of benzene rings is 1. The van der Waals surface area contributed by atoms with Crippen LogP contribution in [-0.4, -0.2) is 29.1 Å². The molecule has 5 nitrogen and oxygen atoms in total. The zero-order chi connectivity index (χ0) is 16.4. The van der Waals surface area contributed by atoms with E-state index in [-0.39, 0.29) is 17.3 Å². The minimum atomic E-state index is -0.971. The molecule has 23 heavy (non-hydrogen) atoms. The van der Waals surface area contributed by atoms with Gasteiger partial charge in [-0.2, -0.15) is 0 Å². The molecule has 0 spiro atoms. The Bertz CT molecular complexity index is 883. The highest BCUT2D eigenvalue weighted by molar-refractivity contribution is 7.21. The first kappa shape index (κ1) is 15.2. The minimum Gasteiger partial charge on any atom is -0.477 e. The van der Waals surface area contributed by atoms with Crippen LogP contribution in [0.5, 0.6) is 0 Å². The summed E-state index contributed by atoms with van der Waals surface area (Å²) in [5.74, 6) is -1.28. The fourth-order valence-electron chi connectivity index (χ4n) is 2.40. The van der Waals surface area contributed by atoms with Gasteiger partial charge in [-0.3, -0.25) is 4.79 Å². The van der Waals surface area contributed by atoms with Gasteiger partial charge in [0.2, 0.25) is 0 Å². The summed E-state index contributed by atoms with van der Waals surface area (Å²) < 4.78 is 4.64. The number of methoxy groups -OCH3 is 1. The second-order valence-electron chi connectivity index (χ2n) is 4.92. The standard InChI is InChI=1S/C17H13NO4S/c1-22-13(19)9-10-4-6-11(7-5-10)14-12-3-2-8-18-16(12)23-15(14)17(20)21/h2-8H,9H2,1H3,(H,20,21). The first-order chi connectivity index (χ1) is 11.1. The first-order valence-electron chi connectivity index (χ1n) is 6.87. The monoisotopic (exact) mass is 327 g/mol. The Morgan fingerprint density at radius 3 is 2.61 bits per heavy atom. The quantitative estimate of drug-likeness (QED) is 0.743. The SMILES string of the molecule is COC(=O)Cc1ccc(-c2c(C(=O)O)sc3ncccc23)cc1. The molecule has 0 radical (unpaired) electrons. The summed E-state index contributed by atoms with van der Waals surface area (Å²) in [6.07, 6.45) is 1.84. The van der Waals surface area contributed by atoms with E-state index in [0.717, 1.165) is 27.8 Å². The van der Waals surface area contributed by atoms with Crippen molar-refractivity contribution in [2.75, 3.05) is 7.11 Å². The molecule has 3 aromatic rings. The Morgan fingerprint density at radius 2 is 1.96 bits per heavy atom. The van der Waals surface area contributed by atoms with Gasteiger partial charge in [-0.25, -0.2) is 9.78 Å². The van der Waals surface area contributed by atoms with Gasteiger partial charge in [0.15, 0.2) is 0 Å². The van der Waals surface area contributed by atoms with Crippen molar-refractivity contribution in [3.05, 3.63) is 53.0 Å². The zero-order valence-electron chi connectivity index (χ0n) is 12.3. The summed E-state index contributed by atoms with van der Waals surface area (Å²) in [5.41, 5.74) is 2.26. The van der Waals surface area contributed by atoms with E-state index in [0.29, 0.717) is 10.4 Å². The number of ether oxygens (including phenoxy) is 1. The van der Waals surface area contributed by atoms with Crippen LogP contribution < -0.4 is 0 Å². The molecule has 2 aromatic heterocycles. The van der Waals surface area contributed by atoms with Crippen LogP contribution in [0.4, 0.5) is 0 Å². The molecule has 0 unspecified atom stereocenters. The van der Waals surface area contributed by atoms with Crippen LogP contribution in [0.3, 0.4) is 0 Å². The molecule has 0 aliphatic rings. The van der Waals surface area contributed by atoms with Crippen LogP contribution in [-0.2, 0) is 16.0 Å². The minimum absolute atomic E-state index is 0.189. The predicted molar refractivity (Wildman–Crippen MR) is 87.7 cm³/mol. The second-order valence-corrected chi connectivity index (χ2v) is 5.92. The average Bonchev–Trinajstić information content (AvgIpc) is 2.95. The number of carboxylic acid groups (broad SMARTS) is 1. The predicted octanol–water partition coefficient (Wildman–Crippen LogP) is 3.38. The van der Waals surface area contributed by atoms with E-state index in [4.69, 9.17) is 0 Å². The maximum absolute atomic E-state index is 11.5. The summed E-state index contributed by atoms with van der Waals surface area (Å²) in [4.78, 5) is 28.0. The first-order valence-corrected chi connectivity index (χ1v) is 7.68. The number of esters is 1. The van der Waals surface area contributed by atoms with Gasteiger partial charge in [0.25, 0.3) is 0 Å². The molecular formula is C17H13NO4S. The molecule has 1 aromatic carbocycles. The van der Waals surface area contributed by atoms with Crippen LogP contribution in [0.2, 0.25) is 0 Å². The lowest BCUT2D eigenvalue weighted by Gasteiger charge is -2.05. The molecule has 0 saturated carbocycles.